The van der Waals surface area contributed by atoms with Gasteiger partial charge in [-0.2, -0.15) is 0 Å². The lowest BCUT2D eigenvalue weighted by molar-refractivity contribution is -0.135. The van der Waals surface area contributed by atoms with E-state index in [1.54, 1.807) is 6.20 Å². The zero-order valence-corrected chi connectivity index (χ0v) is 17.5. The van der Waals surface area contributed by atoms with Crippen molar-refractivity contribution in [3.05, 3.63) is 41.6 Å². The molecule has 0 aromatic heterocycles. The van der Waals surface area contributed by atoms with Crippen LogP contribution in [0.15, 0.2) is 30.5 Å². The molecule has 2 heterocycles. The summed E-state index contributed by atoms with van der Waals surface area (Å²) in [5, 5.41) is 6.12. The number of carbonyl (C=O) groups excluding carboxylic acids is 2. The van der Waals surface area contributed by atoms with Crippen LogP contribution in [-0.2, 0) is 9.53 Å². The third-order valence-electron chi connectivity index (χ3n) is 5.35. The second kappa shape index (κ2) is 8.76. The normalized spacial score (nSPS) is 20.1. The number of alkyl carbamates (subject to hydrolysis) is 1. The minimum Gasteiger partial charge on any atom is -0.447 e. The first-order valence-corrected chi connectivity index (χ1v) is 10.2. The molecule has 0 saturated carbocycles. The molecule has 2 saturated heterocycles. The fraction of sp³-hybridized carbons (Fsp3) is 0.545. The van der Waals surface area contributed by atoms with Crippen molar-refractivity contribution < 1.29 is 14.3 Å². The van der Waals surface area contributed by atoms with Gasteiger partial charge in [-0.1, -0.05) is 45.0 Å². The minimum absolute atomic E-state index is 0.0484. The predicted octanol–water partition coefficient (Wildman–Crippen LogP) is 2.39. The van der Waals surface area contributed by atoms with Gasteiger partial charge in [0, 0.05) is 38.2 Å². The van der Waals surface area contributed by atoms with Gasteiger partial charge in [0.15, 0.2) is 0 Å². The van der Waals surface area contributed by atoms with Gasteiger partial charge in [0.05, 0.1) is 11.7 Å². The molecule has 2 aliphatic heterocycles. The average molecular weight is 401 g/mol. The Bertz CT molecular complexity index is 761. The fourth-order valence-corrected chi connectivity index (χ4v) is 3.48. The van der Waals surface area contributed by atoms with Crippen molar-refractivity contribution in [1.29, 1.82) is 0 Å². The molecular weight excluding hydrogens is 368 g/mol. The SMILES string of the molecule is CC(C)(C)CN/C(=C\N)c1ccc(C2CN(C(=O)CCC3COC(=O)N3)C2)cc1. The highest BCUT2D eigenvalue weighted by Gasteiger charge is 2.32. The molecule has 1 aromatic carbocycles. The van der Waals surface area contributed by atoms with Crippen LogP contribution in [0.1, 0.15) is 50.7 Å². The fourth-order valence-electron chi connectivity index (χ4n) is 3.48. The van der Waals surface area contributed by atoms with E-state index in [-0.39, 0.29) is 17.4 Å². The second-order valence-electron chi connectivity index (χ2n) is 9.09. The zero-order valence-electron chi connectivity index (χ0n) is 17.5. The van der Waals surface area contributed by atoms with E-state index in [9.17, 15) is 9.59 Å². The topological polar surface area (TPSA) is 96.7 Å². The van der Waals surface area contributed by atoms with Crippen LogP contribution >= 0.6 is 0 Å². The largest absolute Gasteiger partial charge is 0.447 e. The quantitative estimate of drug-likeness (QED) is 0.653. The Morgan fingerprint density at radius 3 is 2.55 bits per heavy atom. The van der Waals surface area contributed by atoms with E-state index in [1.807, 2.05) is 4.90 Å². The number of cyclic esters (lactones) is 1. The summed E-state index contributed by atoms with van der Waals surface area (Å²) >= 11 is 0. The van der Waals surface area contributed by atoms with E-state index in [4.69, 9.17) is 10.5 Å². The number of nitrogens with one attached hydrogen (secondary N) is 2. The van der Waals surface area contributed by atoms with Crippen molar-refractivity contribution in [3.8, 4) is 0 Å². The Labute approximate surface area is 172 Å². The Hall–Kier alpha value is -2.70. The second-order valence-corrected chi connectivity index (χ2v) is 9.09. The Morgan fingerprint density at radius 1 is 1.31 bits per heavy atom. The number of nitrogens with zero attached hydrogens (tertiary/aromatic N) is 1. The first-order valence-electron chi connectivity index (χ1n) is 10.2. The highest BCUT2D eigenvalue weighted by atomic mass is 16.6. The molecule has 0 spiro atoms. The van der Waals surface area contributed by atoms with E-state index < -0.39 is 6.09 Å². The first-order chi connectivity index (χ1) is 13.7. The molecule has 7 nitrogen and oxygen atoms in total. The van der Waals surface area contributed by atoms with Crippen LogP contribution in [0, 0.1) is 5.41 Å². The summed E-state index contributed by atoms with van der Waals surface area (Å²) in [6.07, 6.45) is 2.28. The first kappa shape index (κ1) is 21.0. The molecule has 158 valence electrons. The van der Waals surface area contributed by atoms with E-state index in [0.29, 0.717) is 25.4 Å². The highest BCUT2D eigenvalue weighted by Crippen LogP contribution is 2.29. The number of hydrogen-bond donors (Lipinski definition) is 3. The average Bonchev–Trinajstić information content (AvgIpc) is 3.05. The van der Waals surface area contributed by atoms with Gasteiger partial charge >= 0.3 is 6.09 Å². The van der Waals surface area contributed by atoms with Gasteiger partial charge < -0.3 is 26.0 Å². The lowest BCUT2D eigenvalue weighted by Gasteiger charge is -2.40. The van der Waals surface area contributed by atoms with Crippen molar-refractivity contribution in [3.63, 3.8) is 0 Å². The molecule has 4 N–H and O–H groups in total. The summed E-state index contributed by atoms with van der Waals surface area (Å²) in [6, 6.07) is 8.35. The number of likely N-dealkylation sites (tertiary alicyclic amines) is 1. The van der Waals surface area contributed by atoms with Gasteiger partial charge in [0.2, 0.25) is 5.91 Å². The highest BCUT2D eigenvalue weighted by molar-refractivity contribution is 5.77. The monoisotopic (exact) mass is 400 g/mol. The van der Waals surface area contributed by atoms with Crippen LogP contribution in [0.3, 0.4) is 0 Å². The number of carbonyl (C=O) groups is 2. The third kappa shape index (κ3) is 5.65. The summed E-state index contributed by atoms with van der Waals surface area (Å²) in [7, 11) is 0. The van der Waals surface area contributed by atoms with Gasteiger partial charge in [-0.15, -0.1) is 0 Å². The van der Waals surface area contributed by atoms with E-state index in [1.165, 1.54) is 5.56 Å². The molecule has 1 atom stereocenters. The molecule has 1 unspecified atom stereocenters. The lowest BCUT2D eigenvalue weighted by atomic mass is 9.90. The number of amides is 2. The number of nitrogens with two attached hydrogens (primary N) is 1. The molecule has 2 amide bonds. The number of benzene rings is 1. The standard InChI is InChI=1S/C22H32N4O3/c1-22(2,3)14-24-19(10-23)16-6-4-15(5-7-16)17-11-26(12-17)20(27)9-8-18-13-29-21(28)25-18/h4-7,10,17-18,24H,8-9,11-14,23H2,1-3H3,(H,25,28)/b19-10-. The van der Waals surface area contributed by atoms with Crippen LogP contribution in [0.25, 0.3) is 5.70 Å². The number of ether oxygens (including phenoxy) is 1. The Kier molecular flexibility index (Phi) is 6.35. The Morgan fingerprint density at radius 2 is 2.00 bits per heavy atom. The molecular formula is C22H32N4O3. The maximum Gasteiger partial charge on any atom is 0.407 e. The summed E-state index contributed by atoms with van der Waals surface area (Å²) in [5.41, 5.74) is 9.21. The van der Waals surface area contributed by atoms with E-state index in [2.05, 4.69) is 55.7 Å². The lowest BCUT2D eigenvalue weighted by Crippen LogP contribution is -2.48. The van der Waals surface area contributed by atoms with Crippen molar-refractivity contribution >= 4 is 17.7 Å². The van der Waals surface area contributed by atoms with E-state index in [0.717, 1.165) is 30.9 Å². The molecule has 0 aliphatic carbocycles. The molecule has 29 heavy (non-hydrogen) atoms. The minimum atomic E-state index is -0.392. The maximum atomic E-state index is 12.3. The number of rotatable bonds is 7. The van der Waals surface area contributed by atoms with Crippen molar-refractivity contribution in [1.82, 2.24) is 15.5 Å². The van der Waals surface area contributed by atoms with Crippen LogP contribution < -0.4 is 16.4 Å². The predicted molar refractivity (Wildman–Crippen MR) is 113 cm³/mol. The Balaban J connectivity index is 1.45. The molecule has 0 radical (unpaired) electrons. The van der Waals surface area contributed by atoms with Crippen LogP contribution in [-0.4, -0.2) is 49.2 Å². The third-order valence-corrected chi connectivity index (χ3v) is 5.35. The maximum absolute atomic E-state index is 12.3. The van der Waals surface area contributed by atoms with E-state index >= 15 is 0 Å². The van der Waals surface area contributed by atoms with Gasteiger partial charge in [0.25, 0.3) is 0 Å². The summed E-state index contributed by atoms with van der Waals surface area (Å²) < 4.78 is 4.85. The summed E-state index contributed by atoms with van der Waals surface area (Å²) in [4.78, 5) is 25.2. The van der Waals surface area contributed by atoms with Gasteiger partial charge in [-0.05, 0) is 23.0 Å². The van der Waals surface area contributed by atoms with Crippen molar-refractivity contribution in [2.75, 3.05) is 26.2 Å². The van der Waals surface area contributed by atoms with Gasteiger partial charge in [-0.3, -0.25) is 4.79 Å². The number of hydrogen-bond acceptors (Lipinski definition) is 5. The van der Waals surface area contributed by atoms with Crippen LogP contribution in [0.5, 0.6) is 0 Å². The summed E-state index contributed by atoms with van der Waals surface area (Å²) in [5.74, 6) is 0.508. The molecule has 3 rings (SSSR count). The van der Waals surface area contributed by atoms with Gasteiger partial charge in [-0.25, -0.2) is 4.79 Å². The van der Waals surface area contributed by atoms with Gasteiger partial charge in [0.1, 0.15) is 6.61 Å². The molecule has 2 fully saturated rings. The van der Waals surface area contributed by atoms with Crippen LogP contribution in [0.2, 0.25) is 0 Å². The molecule has 7 heteroatoms. The molecule has 0 bridgehead atoms. The summed E-state index contributed by atoms with van der Waals surface area (Å²) in [6.45, 7) is 9.22. The zero-order chi connectivity index (χ0) is 21.0. The van der Waals surface area contributed by atoms with Crippen molar-refractivity contribution in [2.24, 2.45) is 11.1 Å². The molecule has 2 aliphatic rings. The van der Waals surface area contributed by atoms with Crippen molar-refractivity contribution in [2.45, 2.75) is 45.6 Å². The molecule has 1 aromatic rings. The smallest absolute Gasteiger partial charge is 0.407 e. The van der Waals surface area contributed by atoms with Crippen LogP contribution in [0.4, 0.5) is 4.79 Å².